The summed E-state index contributed by atoms with van der Waals surface area (Å²) in [6, 6.07) is 0. The molecule has 0 aromatic carbocycles. The number of carbonyl (C=O) groups is 1. The Labute approximate surface area is 60.8 Å². The molecule has 0 aliphatic carbocycles. The Morgan fingerprint density at radius 1 is 1.78 bits per heavy atom. The summed E-state index contributed by atoms with van der Waals surface area (Å²) in [5, 5.41) is 0. The smallest absolute Gasteiger partial charge is 0.134 e. The lowest BCUT2D eigenvalue weighted by Crippen LogP contribution is -2.13. The molecule has 0 saturated carbocycles. The molecule has 1 rings (SSSR count). The van der Waals surface area contributed by atoms with Crippen molar-refractivity contribution < 1.29 is 4.79 Å². The van der Waals surface area contributed by atoms with Crippen LogP contribution in [0.3, 0.4) is 0 Å². The predicted molar refractivity (Wildman–Crippen MR) is 39.3 cm³/mol. The Morgan fingerprint density at radius 3 is 2.67 bits per heavy atom. The van der Waals surface area contributed by atoms with Gasteiger partial charge < -0.3 is 0 Å². The summed E-state index contributed by atoms with van der Waals surface area (Å²) in [7, 11) is 0. The third-order valence-corrected chi connectivity index (χ3v) is 2.11. The summed E-state index contributed by atoms with van der Waals surface area (Å²) in [6.07, 6.45) is 0.985. The van der Waals surface area contributed by atoms with Crippen LogP contribution in [0.5, 0.6) is 0 Å². The molecule has 1 saturated heterocycles. The fraction of sp³-hybridized carbons (Fsp3) is 0.833. The van der Waals surface area contributed by atoms with Crippen LogP contribution in [0.4, 0.5) is 0 Å². The summed E-state index contributed by atoms with van der Waals surface area (Å²) < 4.78 is 1.89. The summed E-state index contributed by atoms with van der Waals surface area (Å²) in [5.41, 5.74) is 0. The third kappa shape index (κ3) is 1.69. The zero-order valence-electron chi connectivity index (χ0n) is 5.50. The van der Waals surface area contributed by atoms with Gasteiger partial charge in [0.15, 0.2) is 0 Å². The van der Waals surface area contributed by atoms with Crippen LogP contribution in [-0.4, -0.2) is 23.2 Å². The zero-order valence-corrected chi connectivity index (χ0v) is 6.40. The van der Waals surface area contributed by atoms with Gasteiger partial charge in [-0.1, -0.05) is 12.8 Å². The molecule has 2 nitrogen and oxygen atoms in total. The second-order valence-corrected chi connectivity index (χ2v) is 3.07. The fourth-order valence-electron chi connectivity index (χ4n) is 1.07. The second-order valence-electron chi connectivity index (χ2n) is 2.51. The van der Waals surface area contributed by atoms with Crippen LogP contribution >= 0.6 is 12.8 Å². The van der Waals surface area contributed by atoms with Crippen molar-refractivity contribution in [2.24, 2.45) is 5.92 Å². The van der Waals surface area contributed by atoms with Gasteiger partial charge in [0.25, 0.3) is 0 Å². The maximum Gasteiger partial charge on any atom is 0.134 e. The first-order valence-corrected chi connectivity index (χ1v) is 3.54. The van der Waals surface area contributed by atoms with Gasteiger partial charge in [-0.05, 0) is 13.3 Å². The Kier molecular flexibility index (Phi) is 2.13. The summed E-state index contributed by atoms with van der Waals surface area (Å²) in [4.78, 5) is 10.7. The van der Waals surface area contributed by atoms with Gasteiger partial charge in [0.2, 0.25) is 0 Å². The maximum atomic E-state index is 10.7. The van der Waals surface area contributed by atoms with Gasteiger partial charge in [0.05, 0.1) is 0 Å². The van der Waals surface area contributed by atoms with E-state index in [0.29, 0.717) is 5.78 Å². The van der Waals surface area contributed by atoms with Crippen LogP contribution in [0, 0.1) is 5.92 Å². The minimum atomic E-state index is 0.252. The van der Waals surface area contributed by atoms with Gasteiger partial charge >= 0.3 is 0 Å². The summed E-state index contributed by atoms with van der Waals surface area (Å²) in [5.74, 6) is 0.550. The Balaban J connectivity index is 2.39. The fourth-order valence-corrected chi connectivity index (χ4v) is 1.39. The highest BCUT2D eigenvalue weighted by atomic mass is 32.1. The number of nitrogens with zero attached hydrogens (tertiary/aromatic N) is 1. The molecule has 0 bridgehead atoms. The molecular weight excluding hydrogens is 134 g/mol. The van der Waals surface area contributed by atoms with Crippen LogP contribution in [0.1, 0.15) is 13.3 Å². The average molecular weight is 145 g/mol. The largest absolute Gasteiger partial charge is 0.300 e. The SMILES string of the molecule is CC(=O)[C@@H]1CCN(S)C1. The molecule has 1 atom stereocenters. The quantitative estimate of drug-likeness (QED) is 0.549. The van der Waals surface area contributed by atoms with Crippen molar-refractivity contribution in [1.29, 1.82) is 0 Å². The average Bonchev–Trinajstić information content (AvgIpc) is 2.14. The maximum absolute atomic E-state index is 10.7. The molecule has 3 heteroatoms. The number of Topliss-reactive ketones (excluding diaryl/α,β-unsaturated/α-hetero) is 1. The van der Waals surface area contributed by atoms with Crippen LogP contribution in [0.2, 0.25) is 0 Å². The lowest BCUT2D eigenvalue weighted by molar-refractivity contribution is -0.120. The number of ketones is 1. The predicted octanol–water partition coefficient (Wildman–Crippen LogP) is 0.742. The highest BCUT2D eigenvalue weighted by molar-refractivity contribution is 7.77. The number of hydrogen-bond acceptors (Lipinski definition) is 3. The van der Waals surface area contributed by atoms with Crippen LogP contribution in [0.25, 0.3) is 0 Å². The molecule has 1 aliphatic heterocycles. The van der Waals surface area contributed by atoms with Crippen LogP contribution < -0.4 is 0 Å². The molecule has 1 aliphatic rings. The molecule has 52 valence electrons. The first kappa shape index (κ1) is 7.09. The molecule has 0 aromatic heterocycles. The van der Waals surface area contributed by atoms with Crippen molar-refractivity contribution in [3.63, 3.8) is 0 Å². The van der Waals surface area contributed by atoms with Crippen LogP contribution in [0.15, 0.2) is 0 Å². The van der Waals surface area contributed by atoms with E-state index in [2.05, 4.69) is 12.8 Å². The first-order chi connectivity index (χ1) is 4.20. The zero-order chi connectivity index (χ0) is 6.85. The van der Waals surface area contributed by atoms with Gasteiger partial charge in [-0.3, -0.25) is 9.10 Å². The number of carbonyl (C=O) groups excluding carboxylic acids is 1. The van der Waals surface area contributed by atoms with E-state index in [9.17, 15) is 4.79 Å². The van der Waals surface area contributed by atoms with Crippen LogP contribution in [-0.2, 0) is 4.79 Å². The topological polar surface area (TPSA) is 20.3 Å². The van der Waals surface area contributed by atoms with Gasteiger partial charge in [-0.15, -0.1) is 0 Å². The minimum Gasteiger partial charge on any atom is -0.300 e. The lowest BCUT2D eigenvalue weighted by Gasteiger charge is -2.03. The molecule has 0 amide bonds. The van der Waals surface area contributed by atoms with Gasteiger partial charge in [-0.25, -0.2) is 0 Å². The highest BCUT2D eigenvalue weighted by Gasteiger charge is 2.23. The van der Waals surface area contributed by atoms with Gasteiger partial charge in [-0.2, -0.15) is 0 Å². The van der Waals surface area contributed by atoms with E-state index < -0.39 is 0 Å². The molecule has 0 unspecified atom stereocenters. The van der Waals surface area contributed by atoms with E-state index in [-0.39, 0.29) is 5.92 Å². The molecule has 0 radical (unpaired) electrons. The molecule has 0 N–H and O–H groups in total. The van der Waals surface area contributed by atoms with Crippen molar-refractivity contribution in [3.05, 3.63) is 0 Å². The first-order valence-electron chi connectivity index (χ1n) is 3.14. The molecule has 1 fully saturated rings. The monoisotopic (exact) mass is 145 g/mol. The van der Waals surface area contributed by atoms with E-state index in [0.717, 1.165) is 19.5 Å². The Bertz CT molecular complexity index is 126. The minimum absolute atomic E-state index is 0.252. The van der Waals surface area contributed by atoms with E-state index in [1.165, 1.54) is 0 Å². The van der Waals surface area contributed by atoms with Gasteiger partial charge in [0.1, 0.15) is 5.78 Å². The van der Waals surface area contributed by atoms with Crippen molar-refractivity contribution >= 4 is 18.6 Å². The van der Waals surface area contributed by atoms with Crippen molar-refractivity contribution in [3.8, 4) is 0 Å². The van der Waals surface area contributed by atoms with Crippen molar-refractivity contribution in [2.45, 2.75) is 13.3 Å². The van der Waals surface area contributed by atoms with E-state index in [4.69, 9.17) is 0 Å². The van der Waals surface area contributed by atoms with Crippen molar-refractivity contribution in [1.82, 2.24) is 4.31 Å². The standard InChI is InChI=1S/C6H11NOS/c1-5(8)6-2-3-7(9)4-6/h6,9H,2-4H2,1H3/t6-/m1/s1. The Morgan fingerprint density at radius 2 is 2.44 bits per heavy atom. The van der Waals surface area contributed by atoms with E-state index in [1.54, 1.807) is 6.92 Å². The summed E-state index contributed by atoms with van der Waals surface area (Å²) >= 11 is 4.13. The molecule has 0 spiro atoms. The van der Waals surface area contributed by atoms with Gasteiger partial charge in [0, 0.05) is 19.0 Å². The third-order valence-electron chi connectivity index (χ3n) is 1.74. The van der Waals surface area contributed by atoms with Crippen molar-refractivity contribution in [2.75, 3.05) is 13.1 Å². The van der Waals surface area contributed by atoms with E-state index >= 15 is 0 Å². The highest BCUT2D eigenvalue weighted by Crippen LogP contribution is 2.17. The van der Waals surface area contributed by atoms with E-state index in [1.807, 2.05) is 4.31 Å². The number of thiol groups is 1. The molecule has 9 heavy (non-hydrogen) atoms. The molecule has 1 heterocycles. The molecule has 0 aromatic rings. The molecular formula is C6H11NOS. The summed E-state index contributed by atoms with van der Waals surface area (Å²) in [6.45, 7) is 3.43. The number of rotatable bonds is 1. The Hall–Kier alpha value is -0.0200. The number of hydrogen-bond donors (Lipinski definition) is 1. The normalized spacial score (nSPS) is 28.9. The second kappa shape index (κ2) is 2.71. The lowest BCUT2D eigenvalue weighted by atomic mass is 10.1.